The molecule has 4 aromatic rings. The van der Waals surface area contributed by atoms with E-state index in [1.54, 1.807) is 36.4 Å². The Bertz CT molecular complexity index is 1790. The van der Waals surface area contributed by atoms with Crippen LogP contribution in [0.25, 0.3) is 0 Å². The number of nitrogens with one attached hydrogen (secondary N) is 1. The molecule has 2 aliphatic heterocycles. The number of nitrogens with zero attached hydrogens (tertiary/aromatic N) is 2. The summed E-state index contributed by atoms with van der Waals surface area (Å²) < 4.78 is 2.16. The number of halogens is 4. The summed E-state index contributed by atoms with van der Waals surface area (Å²) in [6.07, 6.45) is 0. The highest BCUT2D eigenvalue weighted by Gasteiger charge is 2.56. The van der Waals surface area contributed by atoms with Crippen LogP contribution in [0, 0.1) is 5.92 Å². The van der Waals surface area contributed by atoms with Gasteiger partial charge in [-0.25, -0.2) is 4.90 Å². The summed E-state index contributed by atoms with van der Waals surface area (Å²) in [7, 11) is 0. The molecule has 3 heterocycles. The molecule has 7 nitrogen and oxygen atoms in total. The SMILES string of the molecule is O=C(Cn1c2c(sc1=O)[C@@H](c1cccc(Br)c1)[C@@H]1C(=O)N(c3ccc(Cl)cc3)C(=O)[C@@H]1S2)Nc1ccc(Cl)c(Cl)c1. The summed E-state index contributed by atoms with van der Waals surface area (Å²) in [6, 6.07) is 18.7. The molecule has 1 aromatic heterocycles. The summed E-state index contributed by atoms with van der Waals surface area (Å²) in [5.41, 5.74) is 1.63. The van der Waals surface area contributed by atoms with E-state index in [2.05, 4.69) is 21.2 Å². The third kappa shape index (κ3) is 5.26. The number of carbonyl (C=O) groups is 3. The van der Waals surface area contributed by atoms with E-state index in [4.69, 9.17) is 34.8 Å². The predicted octanol–water partition coefficient (Wildman–Crippen LogP) is 7.07. The minimum absolute atomic E-state index is 0.280. The molecule has 1 fully saturated rings. The van der Waals surface area contributed by atoms with Crippen LogP contribution in [0.2, 0.25) is 15.1 Å². The average molecular weight is 710 g/mol. The van der Waals surface area contributed by atoms with Gasteiger partial charge in [0.05, 0.1) is 26.7 Å². The molecule has 1 saturated heterocycles. The number of carbonyl (C=O) groups excluding carboxylic acids is 3. The molecule has 0 spiro atoms. The van der Waals surface area contributed by atoms with Crippen LogP contribution in [-0.4, -0.2) is 27.5 Å². The van der Waals surface area contributed by atoms with Gasteiger partial charge in [0.2, 0.25) is 17.7 Å². The van der Waals surface area contributed by atoms with Crippen molar-refractivity contribution in [3.63, 3.8) is 0 Å². The van der Waals surface area contributed by atoms with Crippen LogP contribution in [0.15, 0.2) is 81.0 Å². The molecule has 3 amide bonds. The fraction of sp³-hybridized carbons (Fsp3) is 0.143. The number of amides is 3. The summed E-state index contributed by atoms with van der Waals surface area (Å²) in [6.45, 7) is -0.288. The predicted molar refractivity (Wildman–Crippen MR) is 167 cm³/mol. The largest absolute Gasteiger partial charge is 0.324 e. The van der Waals surface area contributed by atoms with Crippen LogP contribution in [0.3, 0.4) is 0 Å². The lowest BCUT2D eigenvalue weighted by molar-refractivity contribution is -0.122. The number of benzene rings is 3. The minimum Gasteiger partial charge on any atom is -0.324 e. The molecule has 0 unspecified atom stereocenters. The van der Waals surface area contributed by atoms with E-state index >= 15 is 0 Å². The Balaban J connectivity index is 1.40. The maximum atomic E-state index is 13.9. The Kier molecular flexibility index (Phi) is 7.82. The molecule has 3 atom stereocenters. The highest BCUT2D eigenvalue weighted by atomic mass is 79.9. The second-order valence-corrected chi connectivity index (χ2v) is 13.7. The summed E-state index contributed by atoms with van der Waals surface area (Å²) in [5.74, 6) is -2.51. The maximum Gasteiger partial charge on any atom is 0.308 e. The number of hydrogen-bond donors (Lipinski definition) is 1. The Labute approximate surface area is 265 Å². The zero-order valence-corrected chi connectivity index (χ0v) is 26.1. The topological polar surface area (TPSA) is 88.5 Å². The van der Waals surface area contributed by atoms with Crippen LogP contribution >= 0.6 is 73.8 Å². The van der Waals surface area contributed by atoms with Gasteiger partial charge in [0, 0.05) is 26.0 Å². The first-order chi connectivity index (χ1) is 19.6. The van der Waals surface area contributed by atoms with Crippen molar-refractivity contribution >= 4 is 103 Å². The van der Waals surface area contributed by atoms with Gasteiger partial charge in [-0.2, -0.15) is 0 Å². The van der Waals surface area contributed by atoms with E-state index in [1.165, 1.54) is 15.5 Å². The molecule has 0 saturated carbocycles. The van der Waals surface area contributed by atoms with Gasteiger partial charge in [-0.05, 0) is 60.2 Å². The normalized spacial score (nSPS) is 19.7. The second-order valence-electron chi connectivity index (χ2n) is 9.39. The number of anilines is 2. The first-order valence-corrected chi connectivity index (χ1v) is 15.8. The number of thiazole rings is 1. The summed E-state index contributed by atoms with van der Waals surface area (Å²) in [4.78, 5) is 55.5. The van der Waals surface area contributed by atoms with Crippen molar-refractivity contribution in [1.29, 1.82) is 0 Å². The molecule has 41 heavy (non-hydrogen) atoms. The van der Waals surface area contributed by atoms with Crippen LogP contribution in [-0.2, 0) is 20.9 Å². The Hall–Kier alpha value is -2.60. The van der Waals surface area contributed by atoms with Gasteiger partial charge < -0.3 is 5.32 Å². The van der Waals surface area contributed by atoms with E-state index in [0.717, 1.165) is 33.1 Å². The number of aromatic nitrogens is 1. The third-order valence-corrected chi connectivity index (χ3v) is 10.9. The average Bonchev–Trinajstić information content (AvgIpc) is 3.37. The van der Waals surface area contributed by atoms with E-state index in [-0.39, 0.29) is 28.3 Å². The van der Waals surface area contributed by atoms with E-state index in [1.807, 2.05) is 24.3 Å². The van der Waals surface area contributed by atoms with Gasteiger partial charge in [-0.15, -0.1) is 0 Å². The zero-order chi connectivity index (χ0) is 29.0. The molecule has 13 heteroatoms. The van der Waals surface area contributed by atoms with Crippen molar-refractivity contribution in [2.75, 3.05) is 10.2 Å². The van der Waals surface area contributed by atoms with Crippen molar-refractivity contribution in [3.05, 3.63) is 106 Å². The van der Waals surface area contributed by atoms with E-state index in [0.29, 0.717) is 31.3 Å². The van der Waals surface area contributed by atoms with Gasteiger partial charge in [-0.3, -0.25) is 23.7 Å². The van der Waals surface area contributed by atoms with E-state index in [9.17, 15) is 19.2 Å². The number of fused-ring (bicyclic) bond motifs is 2. The zero-order valence-electron chi connectivity index (χ0n) is 20.6. The van der Waals surface area contributed by atoms with Crippen molar-refractivity contribution in [2.24, 2.45) is 5.92 Å². The molecule has 208 valence electrons. The fourth-order valence-electron chi connectivity index (χ4n) is 5.08. The van der Waals surface area contributed by atoms with Gasteiger partial charge in [0.15, 0.2) is 0 Å². The number of hydrogen-bond acceptors (Lipinski definition) is 6. The standard InChI is InChI=1S/C28H17BrCl3N3O4S2/c29-14-3-1-2-13(10-14)21-22-23(26(38)35(25(22)37)17-7-4-15(30)5-8-17)40-27-24(21)41-28(39)34(27)12-20(36)33-16-6-9-18(31)19(32)11-16/h1-11,21-23H,12H2,(H,33,36)/t21-,22-,23+/m0/s1. The smallest absolute Gasteiger partial charge is 0.308 e. The number of rotatable bonds is 5. The van der Waals surface area contributed by atoms with Gasteiger partial charge >= 0.3 is 4.87 Å². The van der Waals surface area contributed by atoms with Gasteiger partial charge in [0.25, 0.3) is 0 Å². The third-order valence-electron chi connectivity index (χ3n) is 6.85. The monoisotopic (exact) mass is 707 g/mol. The second kappa shape index (κ2) is 11.2. The highest BCUT2D eigenvalue weighted by molar-refractivity contribution is 9.10. The fourth-order valence-corrected chi connectivity index (χ4v) is 8.69. The van der Waals surface area contributed by atoms with Crippen molar-refractivity contribution in [1.82, 2.24) is 4.57 Å². The highest BCUT2D eigenvalue weighted by Crippen LogP contribution is 2.54. The molecular weight excluding hydrogens is 693 g/mol. The van der Waals surface area contributed by atoms with E-state index < -0.39 is 23.0 Å². The molecule has 0 bridgehead atoms. The van der Waals surface area contributed by atoms with Crippen molar-refractivity contribution in [3.8, 4) is 0 Å². The molecule has 0 radical (unpaired) electrons. The van der Waals surface area contributed by atoms with Crippen LogP contribution in [0.1, 0.15) is 16.4 Å². The lowest BCUT2D eigenvalue weighted by Gasteiger charge is -2.30. The Morgan fingerprint density at radius 2 is 1.68 bits per heavy atom. The summed E-state index contributed by atoms with van der Waals surface area (Å²) in [5, 5.41) is 3.54. The van der Waals surface area contributed by atoms with Crippen LogP contribution in [0.4, 0.5) is 11.4 Å². The lowest BCUT2D eigenvalue weighted by Crippen LogP contribution is -2.33. The maximum absolute atomic E-state index is 13.9. The molecule has 6 rings (SSSR count). The number of thioether (sulfide) groups is 1. The molecule has 2 aliphatic rings. The molecular formula is C28H17BrCl3N3O4S2. The molecule has 0 aliphatic carbocycles. The molecule has 3 aromatic carbocycles. The lowest BCUT2D eigenvalue weighted by atomic mass is 9.83. The Morgan fingerprint density at radius 3 is 2.39 bits per heavy atom. The van der Waals surface area contributed by atoms with Gasteiger partial charge in [-0.1, -0.05) is 86.0 Å². The van der Waals surface area contributed by atoms with Crippen LogP contribution in [0.5, 0.6) is 0 Å². The Morgan fingerprint density at radius 1 is 0.927 bits per heavy atom. The van der Waals surface area contributed by atoms with Crippen molar-refractivity contribution < 1.29 is 14.4 Å². The van der Waals surface area contributed by atoms with Gasteiger partial charge in [0.1, 0.15) is 11.8 Å². The summed E-state index contributed by atoms with van der Waals surface area (Å²) >= 11 is 23.7. The molecule has 1 N–H and O–H groups in total. The first kappa shape index (κ1) is 28.5. The quantitative estimate of drug-likeness (QED) is 0.224. The van der Waals surface area contributed by atoms with Crippen LogP contribution < -0.4 is 15.1 Å². The number of imide groups is 1. The first-order valence-electron chi connectivity index (χ1n) is 12.2. The minimum atomic E-state index is -0.798. The van der Waals surface area contributed by atoms with Crippen molar-refractivity contribution in [2.45, 2.75) is 22.7 Å².